The van der Waals surface area contributed by atoms with Gasteiger partial charge in [0.05, 0.1) is 6.33 Å². The van der Waals surface area contributed by atoms with Gasteiger partial charge in [0, 0.05) is 26.2 Å². The summed E-state index contributed by atoms with van der Waals surface area (Å²) < 4.78 is 5.22. The zero-order chi connectivity index (χ0) is 19.2. The smallest absolute Gasteiger partial charge is 0.290 e. The molecule has 0 saturated carbocycles. The van der Waals surface area contributed by atoms with E-state index in [-0.39, 0.29) is 23.4 Å². The van der Waals surface area contributed by atoms with Crippen molar-refractivity contribution in [2.45, 2.75) is 6.42 Å². The highest BCUT2D eigenvalue weighted by Gasteiger charge is 2.24. The summed E-state index contributed by atoms with van der Waals surface area (Å²) in [6.45, 7) is 2.46. The normalized spacial score (nSPS) is 14.4. The molecule has 3 aromatic rings. The van der Waals surface area contributed by atoms with E-state index in [1.165, 1.54) is 6.33 Å². The van der Waals surface area contributed by atoms with Crippen molar-refractivity contribution in [2.75, 3.05) is 31.1 Å². The monoisotopic (exact) mass is 392 g/mol. The Bertz CT molecular complexity index is 926. The van der Waals surface area contributed by atoms with Gasteiger partial charge < -0.3 is 24.3 Å². The predicted molar refractivity (Wildman–Crippen MR) is 96.8 cm³/mol. The number of H-pyrrole nitrogens is 1. The van der Waals surface area contributed by atoms with Gasteiger partial charge in [-0.1, -0.05) is 0 Å². The number of halogens is 1. The number of aromatic nitrogens is 4. The molecule has 1 fully saturated rings. The number of nitrogens with zero attached hydrogens (tertiary/aromatic N) is 5. The average molecular weight is 393 g/mol. The van der Waals surface area contributed by atoms with Crippen LogP contribution in [-0.2, 0) is 4.79 Å². The van der Waals surface area contributed by atoms with Gasteiger partial charge in [-0.2, -0.15) is 0 Å². The first-order valence-electron chi connectivity index (χ1n) is 8.15. The number of hydrogen-bond donors (Lipinski definition) is 2. The van der Waals surface area contributed by atoms with E-state index in [4.69, 9.17) is 25.9 Å². The molecule has 1 saturated heterocycles. The van der Waals surface area contributed by atoms with E-state index in [0.29, 0.717) is 25.3 Å². The molecule has 27 heavy (non-hydrogen) atoms. The third-order valence-corrected chi connectivity index (χ3v) is 4.27. The maximum Gasteiger partial charge on any atom is 0.290 e. The van der Waals surface area contributed by atoms with Crippen LogP contribution < -0.4 is 4.90 Å². The molecule has 0 aromatic carbocycles. The molecule has 0 bridgehead atoms. The number of fused-ring (bicyclic) bond motifs is 1. The maximum absolute atomic E-state index is 12.5. The molecule has 11 heteroatoms. The summed E-state index contributed by atoms with van der Waals surface area (Å²) in [4.78, 5) is 40.5. The lowest BCUT2D eigenvalue weighted by molar-refractivity contribution is -0.122. The Morgan fingerprint density at radius 3 is 2.78 bits per heavy atom. The first-order chi connectivity index (χ1) is 13.1. The fourth-order valence-corrected chi connectivity index (χ4v) is 3.06. The lowest BCUT2D eigenvalue weighted by Gasteiger charge is -2.22. The largest absolute Gasteiger partial charge is 0.483 e. The van der Waals surface area contributed by atoms with Crippen molar-refractivity contribution in [3.63, 3.8) is 0 Å². The lowest BCUT2D eigenvalue weighted by atomic mass is 10.3. The Labute approximate surface area is 158 Å². The van der Waals surface area contributed by atoms with Crippen molar-refractivity contribution in [1.29, 1.82) is 0 Å². The number of rotatable bonds is 2. The highest BCUT2D eigenvalue weighted by molar-refractivity contribution is 6.29. The van der Waals surface area contributed by atoms with Crippen LogP contribution in [0.4, 0.5) is 5.82 Å². The van der Waals surface area contributed by atoms with E-state index in [1.807, 2.05) is 0 Å². The quantitative estimate of drug-likeness (QED) is 0.630. The number of nitrogens with one attached hydrogen (secondary N) is 1. The van der Waals surface area contributed by atoms with Crippen LogP contribution >= 0.6 is 11.6 Å². The zero-order valence-corrected chi connectivity index (χ0v) is 15.0. The summed E-state index contributed by atoms with van der Waals surface area (Å²) in [7, 11) is 0. The Hall–Kier alpha value is -3.14. The minimum Gasteiger partial charge on any atom is -0.483 e. The molecule has 1 aliphatic rings. The maximum atomic E-state index is 12.5. The fraction of sp³-hybridized carbons (Fsp3) is 0.312. The summed E-state index contributed by atoms with van der Waals surface area (Å²) in [6, 6.07) is 3.18. The summed E-state index contributed by atoms with van der Waals surface area (Å²) in [5.74, 6) is 0.942. The molecule has 0 radical (unpaired) electrons. The molecule has 3 aromatic heterocycles. The molecule has 0 unspecified atom stereocenters. The summed E-state index contributed by atoms with van der Waals surface area (Å²) in [5.41, 5.74) is 1.46. The molecule has 0 aliphatic carbocycles. The van der Waals surface area contributed by atoms with Crippen LogP contribution in [0.2, 0.25) is 5.22 Å². The van der Waals surface area contributed by atoms with E-state index in [0.717, 1.165) is 24.3 Å². The molecule has 1 amide bonds. The second-order valence-corrected chi connectivity index (χ2v) is 6.01. The number of carboxylic acid groups (broad SMARTS) is 1. The number of carbonyl (C=O) groups excluding carboxylic acids is 1. The van der Waals surface area contributed by atoms with Gasteiger partial charge in [0.15, 0.2) is 22.4 Å². The molecule has 0 atom stereocenters. The number of imidazole rings is 1. The summed E-state index contributed by atoms with van der Waals surface area (Å²) >= 11 is 5.75. The van der Waals surface area contributed by atoms with Crippen LogP contribution in [0, 0.1) is 0 Å². The van der Waals surface area contributed by atoms with Gasteiger partial charge in [0.1, 0.15) is 11.8 Å². The third kappa shape index (κ3) is 4.17. The molecule has 4 heterocycles. The lowest BCUT2D eigenvalue weighted by Crippen LogP contribution is -2.35. The fourth-order valence-electron chi connectivity index (χ4n) is 2.91. The van der Waals surface area contributed by atoms with Crippen molar-refractivity contribution >= 4 is 41.0 Å². The van der Waals surface area contributed by atoms with E-state index in [2.05, 4.69) is 24.8 Å². The second-order valence-electron chi connectivity index (χ2n) is 5.64. The number of furan rings is 1. The van der Waals surface area contributed by atoms with Gasteiger partial charge >= 0.3 is 0 Å². The van der Waals surface area contributed by atoms with Gasteiger partial charge in [-0.15, -0.1) is 0 Å². The molecule has 142 valence electrons. The van der Waals surface area contributed by atoms with Gasteiger partial charge in [0.2, 0.25) is 0 Å². The van der Waals surface area contributed by atoms with Gasteiger partial charge in [-0.05, 0) is 30.2 Å². The van der Waals surface area contributed by atoms with Crippen LogP contribution in [0.5, 0.6) is 0 Å². The van der Waals surface area contributed by atoms with Crippen LogP contribution in [0.1, 0.15) is 17.0 Å². The Kier molecular flexibility index (Phi) is 5.87. The Morgan fingerprint density at radius 1 is 1.22 bits per heavy atom. The number of anilines is 1. The standard InChI is InChI=1S/C15H15ClN6O2.CH2O2/c16-11-3-2-10(24-11)15(23)22-5-1-4-21(6-7-22)14-12-13(18-8-17-12)19-9-20-14;2-1-3/h2-3,8-9H,1,4-7H2,(H,17,18,19,20);1H,(H,2,3). The number of carbonyl (C=O) groups is 2. The van der Waals surface area contributed by atoms with Crippen LogP contribution in [0.15, 0.2) is 29.2 Å². The SMILES string of the molecule is O=C(c1ccc(Cl)o1)N1CCCN(c2ncnc3nc[nH]c23)CC1.O=CO. The zero-order valence-electron chi connectivity index (χ0n) is 14.2. The van der Waals surface area contributed by atoms with Gasteiger partial charge in [0.25, 0.3) is 12.4 Å². The minimum atomic E-state index is -0.250. The average Bonchev–Trinajstić information content (AvgIpc) is 3.24. The molecule has 4 rings (SSSR count). The molecular formula is C16H17ClN6O4. The van der Waals surface area contributed by atoms with E-state index in [1.54, 1.807) is 23.4 Å². The highest BCUT2D eigenvalue weighted by atomic mass is 35.5. The number of aromatic amines is 1. The van der Waals surface area contributed by atoms with E-state index >= 15 is 0 Å². The van der Waals surface area contributed by atoms with Crippen molar-refractivity contribution in [2.24, 2.45) is 0 Å². The van der Waals surface area contributed by atoms with E-state index < -0.39 is 0 Å². The second kappa shape index (κ2) is 8.49. The summed E-state index contributed by atoms with van der Waals surface area (Å²) in [5, 5.41) is 7.11. The van der Waals surface area contributed by atoms with Crippen molar-refractivity contribution in [1.82, 2.24) is 24.8 Å². The van der Waals surface area contributed by atoms with Crippen molar-refractivity contribution in [3.05, 3.63) is 35.8 Å². The van der Waals surface area contributed by atoms with Crippen LogP contribution in [-0.4, -0.2) is 68.5 Å². The molecule has 1 aliphatic heterocycles. The molecule has 0 spiro atoms. The number of amides is 1. The van der Waals surface area contributed by atoms with Crippen molar-refractivity contribution in [3.8, 4) is 0 Å². The Morgan fingerprint density at radius 2 is 2.04 bits per heavy atom. The highest BCUT2D eigenvalue weighted by Crippen LogP contribution is 2.22. The summed E-state index contributed by atoms with van der Waals surface area (Å²) in [6.07, 6.45) is 3.95. The first kappa shape index (κ1) is 18.6. The predicted octanol–water partition coefficient (Wildman–Crippen LogP) is 1.65. The third-order valence-electron chi connectivity index (χ3n) is 4.07. The molecule has 2 N–H and O–H groups in total. The van der Waals surface area contributed by atoms with Gasteiger partial charge in [-0.3, -0.25) is 9.59 Å². The van der Waals surface area contributed by atoms with Crippen LogP contribution in [0.3, 0.4) is 0 Å². The number of hydrogen-bond acceptors (Lipinski definition) is 7. The topological polar surface area (TPSA) is 128 Å². The van der Waals surface area contributed by atoms with Gasteiger partial charge in [-0.25, -0.2) is 15.0 Å². The Balaban J connectivity index is 0.000000659. The minimum absolute atomic E-state index is 0.141. The molecular weight excluding hydrogens is 376 g/mol. The van der Waals surface area contributed by atoms with E-state index in [9.17, 15) is 4.79 Å². The first-order valence-corrected chi connectivity index (χ1v) is 8.53. The molecule has 10 nitrogen and oxygen atoms in total. The van der Waals surface area contributed by atoms with Crippen LogP contribution in [0.25, 0.3) is 11.2 Å². The van der Waals surface area contributed by atoms with Crippen molar-refractivity contribution < 1.29 is 19.1 Å².